The van der Waals surface area contributed by atoms with Crippen molar-refractivity contribution < 1.29 is 9.90 Å². The number of hydrogen-bond acceptors (Lipinski definition) is 4. The molecule has 0 spiro atoms. The summed E-state index contributed by atoms with van der Waals surface area (Å²) in [7, 11) is 0. The minimum Gasteiger partial charge on any atom is -0.388 e. The van der Waals surface area contributed by atoms with Crippen LogP contribution in [0.2, 0.25) is 0 Å². The topological polar surface area (TPSA) is 90.9 Å². The number of hydrogen-bond donors (Lipinski definition) is 3. The molecule has 2 aromatic rings. The van der Waals surface area contributed by atoms with Crippen LogP contribution in [0.25, 0.3) is 11.2 Å². The van der Waals surface area contributed by atoms with Crippen molar-refractivity contribution in [1.82, 2.24) is 20.3 Å². The van der Waals surface area contributed by atoms with Crippen LogP contribution in [0, 0.1) is 0 Å². The van der Waals surface area contributed by atoms with E-state index in [2.05, 4.69) is 20.3 Å². The summed E-state index contributed by atoms with van der Waals surface area (Å²) in [5, 5.41) is 12.9. The predicted octanol–water partition coefficient (Wildman–Crippen LogP) is 1.56. The molecule has 2 heterocycles. The molecule has 0 aromatic carbocycles. The number of fused-ring (bicyclic) bond motifs is 1. The van der Waals surface area contributed by atoms with Crippen molar-refractivity contribution in [2.24, 2.45) is 0 Å². The zero-order chi connectivity index (χ0) is 15.3. The van der Waals surface area contributed by atoms with Gasteiger partial charge >= 0.3 is 0 Å². The third-order valence-electron chi connectivity index (χ3n) is 3.83. The fourth-order valence-corrected chi connectivity index (χ4v) is 2.10. The molecule has 114 valence electrons. The Hall–Kier alpha value is -1.95. The Bertz CT molecular complexity index is 571. The van der Waals surface area contributed by atoms with Gasteiger partial charge in [-0.3, -0.25) is 4.79 Å². The molecule has 2 rings (SSSR count). The largest absolute Gasteiger partial charge is 0.388 e. The van der Waals surface area contributed by atoms with Crippen LogP contribution in [-0.2, 0) is 11.2 Å². The minimum absolute atomic E-state index is 0.0799. The summed E-state index contributed by atoms with van der Waals surface area (Å²) >= 11 is 0. The minimum atomic E-state index is -0.807. The van der Waals surface area contributed by atoms with Gasteiger partial charge in [0.2, 0.25) is 5.91 Å². The molecule has 0 saturated carbocycles. The first-order valence-corrected chi connectivity index (χ1v) is 7.35. The second-order valence-electron chi connectivity index (χ2n) is 5.27. The molecule has 3 N–H and O–H groups in total. The summed E-state index contributed by atoms with van der Waals surface area (Å²) < 4.78 is 0. The molecular weight excluding hydrogens is 268 g/mol. The number of carbonyl (C=O) groups is 1. The summed E-state index contributed by atoms with van der Waals surface area (Å²) in [6.07, 6.45) is 3.80. The van der Waals surface area contributed by atoms with Gasteiger partial charge in [0.25, 0.3) is 0 Å². The van der Waals surface area contributed by atoms with E-state index in [1.54, 1.807) is 6.20 Å². The third kappa shape index (κ3) is 4.01. The van der Waals surface area contributed by atoms with Gasteiger partial charge in [0.15, 0.2) is 5.65 Å². The monoisotopic (exact) mass is 290 g/mol. The van der Waals surface area contributed by atoms with Crippen molar-refractivity contribution in [3.63, 3.8) is 0 Å². The lowest BCUT2D eigenvalue weighted by molar-refractivity contribution is -0.122. The average molecular weight is 290 g/mol. The van der Waals surface area contributed by atoms with Crippen LogP contribution in [0.3, 0.4) is 0 Å². The summed E-state index contributed by atoms with van der Waals surface area (Å²) in [5.74, 6) is 0.670. The molecule has 2 aromatic heterocycles. The molecule has 0 saturated heterocycles. The standard InChI is InChI=1S/C15H22N4O2/c1-3-15(21,4-2)10-17-13(20)8-7-12-18-11-6-5-9-16-14(11)19-12/h5-6,9,21H,3-4,7-8,10H2,1-2H3,(H,17,20)(H,16,18,19). The number of aromatic nitrogens is 3. The summed E-state index contributed by atoms with van der Waals surface area (Å²) in [4.78, 5) is 23.4. The first-order valence-electron chi connectivity index (χ1n) is 7.35. The van der Waals surface area contributed by atoms with Crippen LogP contribution in [0.15, 0.2) is 18.3 Å². The van der Waals surface area contributed by atoms with Crippen LogP contribution in [-0.4, -0.2) is 38.1 Å². The van der Waals surface area contributed by atoms with Gasteiger partial charge in [0, 0.05) is 25.6 Å². The van der Waals surface area contributed by atoms with Crippen molar-refractivity contribution in [3.8, 4) is 0 Å². The number of rotatable bonds is 7. The number of H-pyrrole nitrogens is 1. The average Bonchev–Trinajstić information content (AvgIpc) is 2.93. The van der Waals surface area contributed by atoms with E-state index in [0.717, 1.165) is 11.3 Å². The van der Waals surface area contributed by atoms with E-state index in [0.29, 0.717) is 37.9 Å². The normalized spacial score (nSPS) is 11.8. The molecule has 0 bridgehead atoms. The molecule has 1 amide bonds. The van der Waals surface area contributed by atoms with E-state index in [-0.39, 0.29) is 5.91 Å². The van der Waals surface area contributed by atoms with Gasteiger partial charge < -0.3 is 15.4 Å². The molecular formula is C15H22N4O2. The van der Waals surface area contributed by atoms with Crippen LogP contribution < -0.4 is 5.32 Å². The van der Waals surface area contributed by atoms with E-state index in [9.17, 15) is 9.90 Å². The van der Waals surface area contributed by atoms with Crippen LogP contribution in [0.4, 0.5) is 0 Å². The van der Waals surface area contributed by atoms with Gasteiger partial charge in [-0.05, 0) is 25.0 Å². The van der Waals surface area contributed by atoms with Crippen molar-refractivity contribution in [1.29, 1.82) is 0 Å². The van der Waals surface area contributed by atoms with E-state index < -0.39 is 5.60 Å². The van der Waals surface area contributed by atoms with Crippen molar-refractivity contribution in [3.05, 3.63) is 24.2 Å². The number of imidazole rings is 1. The number of aromatic amines is 1. The predicted molar refractivity (Wildman–Crippen MR) is 80.8 cm³/mol. The molecule has 6 heteroatoms. The second kappa shape index (κ2) is 6.67. The zero-order valence-corrected chi connectivity index (χ0v) is 12.5. The van der Waals surface area contributed by atoms with Crippen molar-refractivity contribution >= 4 is 17.1 Å². The third-order valence-corrected chi connectivity index (χ3v) is 3.83. The maximum absolute atomic E-state index is 11.8. The van der Waals surface area contributed by atoms with Gasteiger partial charge in [-0.2, -0.15) is 0 Å². The van der Waals surface area contributed by atoms with E-state index in [1.165, 1.54) is 0 Å². The van der Waals surface area contributed by atoms with Crippen LogP contribution >= 0.6 is 0 Å². The SMILES string of the molecule is CCC(O)(CC)CNC(=O)CCc1nc2ncccc2[nH]1. The lowest BCUT2D eigenvalue weighted by atomic mass is 9.97. The zero-order valence-electron chi connectivity index (χ0n) is 12.5. The van der Waals surface area contributed by atoms with E-state index in [4.69, 9.17) is 0 Å². The number of aryl methyl sites for hydroxylation is 1. The summed E-state index contributed by atoms with van der Waals surface area (Å²) in [5.41, 5.74) is 0.734. The Kier molecular flexibility index (Phi) is 4.90. The number of carbonyl (C=O) groups excluding carboxylic acids is 1. The maximum atomic E-state index is 11.8. The van der Waals surface area contributed by atoms with Gasteiger partial charge in [0.05, 0.1) is 11.1 Å². The second-order valence-corrected chi connectivity index (χ2v) is 5.27. The van der Waals surface area contributed by atoms with E-state index >= 15 is 0 Å². The summed E-state index contributed by atoms with van der Waals surface area (Å²) in [6.45, 7) is 4.12. The molecule has 0 aliphatic carbocycles. The molecule has 0 aliphatic heterocycles. The van der Waals surface area contributed by atoms with Crippen LogP contribution in [0.5, 0.6) is 0 Å². The molecule has 0 aliphatic rings. The molecule has 0 unspecified atom stereocenters. The molecule has 0 atom stereocenters. The smallest absolute Gasteiger partial charge is 0.220 e. The van der Waals surface area contributed by atoms with Crippen molar-refractivity contribution in [2.75, 3.05) is 6.54 Å². The Morgan fingerprint density at radius 3 is 2.86 bits per heavy atom. The van der Waals surface area contributed by atoms with Gasteiger partial charge in [-0.15, -0.1) is 0 Å². The van der Waals surface area contributed by atoms with Gasteiger partial charge in [0.1, 0.15) is 5.82 Å². The highest BCUT2D eigenvalue weighted by atomic mass is 16.3. The Balaban J connectivity index is 1.83. The van der Waals surface area contributed by atoms with Crippen LogP contribution in [0.1, 0.15) is 38.9 Å². The Labute approximate surface area is 124 Å². The molecule has 0 radical (unpaired) electrons. The van der Waals surface area contributed by atoms with Crippen molar-refractivity contribution in [2.45, 2.75) is 45.1 Å². The van der Waals surface area contributed by atoms with Gasteiger partial charge in [-0.1, -0.05) is 13.8 Å². The number of nitrogens with one attached hydrogen (secondary N) is 2. The molecule has 21 heavy (non-hydrogen) atoms. The fourth-order valence-electron chi connectivity index (χ4n) is 2.10. The Morgan fingerprint density at radius 2 is 2.19 bits per heavy atom. The fraction of sp³-hybridized carbons (Fsp3) is 0.533. The lowest BCUT2D eigenvalue weighted by Gasteiger charge is -2.25. The first-order chi connectivity index (χ1) is 10.1. The quantitative estimate of drug-likeness (QED) is 0.721. The number of pyridine rings is 1. The first kappa shape index (κ1) is 15.4. The molecule has 6 nitrogen and oxygen atoms in total. The molecule has 0 fully saturated rings. The maximum Gasteiger partial charge on any atom is 0.220 e. The highest BCUT2D eigenvalue weighted by Crippen LogP contribution is 2.13. The number of aliphatic hydroxyl groups is 1. The number of amides is 1. The van der Waals surface area contributed by atoms with Gasteiger partial charge in [-0.25, -0.2) is 9.97 Å². The highest BCUT2D eigenvalue weighted by molar-refractivity contribution is 5.76. The lowest BCUT2D eigenvalue weighted by Crippen LogP contribution is -2.42. The van der Waals surface area contributed by atoms with E-state index in [1.807, 2.05) is 26.0 Å². The highest BCUT2D eigenvalue weighted by Gasteiger charge is 2.22. The number of nitrogens with zero attached hydrogens (tertiary/aromatic N) is 2. The Morgan fingerprint density at radius 1 is 1.43 bits per heavy atom. The summed E-state index contributed by atoms with van der Waals surface area (Å²) in [6, 6.07) is 3.74.